The lowest BCUT2D eigenvalue weighted by molar-refractivity contribution is 1.01. The van der Waals surface area contributed by atoms with Crippen molar-refractivity contribution in [1.29, 1.82) is 0 Å². The predicted octanol–water partition coefficient (Wildman–Crippen LogP) is 0.448. The molecule has 0 bridgehead atoms. The van der Waals surface area contributed by atoms with Crippen molar-refractivity contribution in [3.8, 4) is 0 Å². The summed E-state index contributed by atoms with van der Waals surface area (Å²) in [6, 6.07) is -0.134. The van der Waals surface area contributed by atoms with Crippen LogP contribution in [0.4, 0.5) is 0 Å². The molecule has 0 fully saturated rings. The molecule has 9 heavy (non-hydrogen) atoms. The molecular weight excluding hydrogens is 136 g/mol. The summed E-state index contributed by atoms with van der Waals surface area (Å²) >= 11 is 5.60. The molecule has 1 aliphatic carbocycles. The summed E-state index contributed by atoms with van der Waals surface area (Å²) in [5.41, 5.74) is 14.0. The molecule has 0 spiro atoms. The molecule has 0 radical (unpaired) electrons. The zero-order chi connectivity index (χ0) is 6.85. The maximum atomic E-state index is 5.60. The molecule has 0 aromatic rings. The van der Waals surface area contributed by atoms with Crippen LogP contribution in [0, 0.1) is 0 Å². The van der Waals surface area contributed by atoms with Crippen molar-refractivity contribution >= 4 is 11.6 Å². The van der Waals surface area contributed by atoms with Gasteiger partial charge in [-0.3, -0.25) is 0 Å². The number of hydrogen-bond donors (Lipinski definition) is 2. The van der Waals surface area contributed by atoms with E-state index in [-0.39, 0.29) is 6.04 Å². The normalized spacial score (nSPS) is 25.3. The maximum Gasteiger partial charge on any atom is 0.0932 e. The smallest absolute Gasteiger partial charge is 0.0932 e. The fraction of sp³-hybridized carbons (Fsp3) is 0.167. The first kappa shape index (κ1) is 6.43. The van der Waals surface area contributed by atoms with Crippen LogP contribution in [0.2, 0.25) is 0 Å². The first-order valence-electron chi connectivity index (χ1n) is 2.56. The lowest BCUT2D eigenvalue weighted by Crippen LogP contribution is -2.16. The number of halogens is 1. The minimum Gasteiger partial charge on any atom is -0.391 e. The van der Waals surface area contributed by atoms with Gasteiger partial charge >= 0.3 is 0 Å². The highest BCUT2D eigenvalue weighted by Gasteiger charge is 2.02. The Hall–Kier alpha value is -0.690. The molecule has 3 heteroatoms. The van der Waals surface area contributed by atoms with Gasteiger partial charge < -0.3 is 11.5 Å². The van der Waals surface area contributed by atoms with Gasteiger partial charge in [0.1, 0.15) is 0 Å². The van der Waals surface area contributed by atoms with Crippen molar-refractivity contribution in [3.05, 3.63) is 28.6 Å². The molecule has 0 aromatic heterocycles. The zero-order valence-corrected chi connectivity index (χ0v) is 5.52. The molecule has 48 valence electrons. The Kier molecular flexibility index (Phi) is 1.63. The van der Waals surface area contributed by atoms with E-state index in [9.17, 15) is 0 Å². The summed E-state index contributed by atoms with van der Waals surface area (Å²) in [6.45, 7) is 0. The monoisotopic (exact) mass is 142 g/mol. The van der Waals surface area contributed by atoms with Crippen LogP contribution in [0.3, 0.4) is 0 Å². The molecule has 0 amide bonds. The van der Waals surface area contributed by atoms with Gasteiger partial charge in [0.25, 0.3) is 0 Å². The summed E-state index contributed by atoms with van der Waals surface area (Å²) in [4.78, 5) is 0. The molecule has 1 aliphatic rings. The average molecular weight is 143 g/mol. The molecule has 4 N–H and O–H groups in total. The van der Waals surface area contributed by atoms with E-state index in [1.54, 1.807) is 12.2 Å². The number of hydrogen-bond acceptors (Lipinski definition) is 2. The van der Waals surface area contributed by atoms with Crippen LogP contribution in [0.5, 0.6) is 0 Å². The van der Waals surface area contributed by atoms with Crippen molar-refractivity contribution in [3.63, 3.8) is 0 Å². The van der Waals surface area contributed by atoms with Gasteiger partial charge in [-0.05, 0) is 12.2 Å². The lowest BCUT2D eigenvalue weighted by atomic mass is 10.2. The third kappa shape index (κ3) is 1.36. The van der Waals surface area contributed by atoms with Gasteiger partial charge in [-0.1, -0.05) is 17.3 Å². The van der Waals surface area contributed by atoms with Gasteiger partial charge in [0.15, 0.2) is 0 Å². The van der Waals surface area contributed by atoms with E-state index in [1.165, 1.54) is 0 Å². The van der Waals surface area contributed by atoms with Gasteiger partial charge in [-0.15, -0.1) is 0 Å². The molecule has 0 aromatic carbocycles. The van der Waals surface area contributed by atoms with Crippen LogP contribution in [0.15, 0.2) is 28.6 Å². The van der Waals surface area contributed by atoms with Crippen molar-refractivity contribution in [2.75, 3.05) is 0 Å². The second kappa shape index (κ2) is 2.28. The second-order valence-electron chi connectivity index (χ2n) is 1.82. The number of nitrogens with two attached hydrogens (primary N) is 2. The van der Waals surface area contributed by atoms with Crippen LogP contribution >= 0.6 is 11.6 Å². The Morgan fingerprint density at radius 3 is 2.78 bits per heavy atom. The van der Waals surface area contributed by atoms with E-state index < -0.39 is 0 Å². The maximum absolute atomic E-state index is 5.60. The Morgan fingerprint density at radius 1 is 1.67 bits per heavy atom. The quantitative estimate of drug-likeness (QED) is 0.483. The van der Waals surface area contributed by atoms with Gasteiger partial charge in [-0.25, -0.2) is 0 Å². The summed E-state index contributed by atoms with van der Waals surface area (Å²) < 4.78 is 0. The molecule has 1 unspecified atom stereocenters. The molecule has 1 atom stereocenters. The fourth-order valence-corrected chi connectivity index (χ4v) is 0.762. The predicted molar refractivity (Wildman–Crippen MR) is 37.7 cm³/mol. The molecule has 0 saturated heterocycles. The summed E-state index contributed by atoms with van der Waals surface area (Å²) in [6.07, 6.45) is 3.34. The molecular formula is C6H7ClN2. The van der Waals surface area contributed by atoms with E-state index in [2.05, 4.69) is 5.73 Å². The van der Waals surface area contributed by atoms with Crippen molar-refractivity contribution in [2.24, 2.45) is 11.5 Å². The third-order valence-corrected chi connectivity index (χ3v) is 1.36. The fourth-order valence-electron chi connectivity index (χ4n) is 0.562. The zero-order valence-electron chi connectivity index (χ0n) is 4.76. The molecule has 0 saturated carbocycles. The van der Waals surface area contributed by atoms with E-state index in [1.807, 2.05) is 0 Å². The minimum atomic E-state index is -0.134. The average Bonchev–Trinajstić information content (AvgIpc) is 1.80. The molecule has 2 nitrogen and oxygen atoms in total. The second-order valence-corrected chi connectivity index (χ2v) is 2.22. The Labute approximate surface area is 58.5 Å². The van der Waals surface area contributed by atoms with Crippen LogP contribution in [0.25, 0.3) is 0 Å². The molecule has 0 heterocycles. The summed E-state index contributed by atoms with van der Waals surface area (Å²) in [7, 11) is 0. The van der Waals surface area contributed by atoms with Gasteiger partial charge in [0.05, 0.1) is 16.8 Å². The lowest BCUT2D eigenvalue weighted by Gasteiger charge is -2.04. The van der Waals surface area contributed by atoms with Crippen LogP contribution in [0.1, 0.15) is 0 Å². The van der Waals surface area contributed by atoms with Crippen LogP contribution in [-0.2, 0) is 0 Å². The SMILES string of the molecule is NC1=C=CC(N)C=C1Cl. The third-order valence-electron chi connectivity index (χ3n) is 1.03. The topological polar surface area (TPSA) is 52.0 Å². The van der Waals surface area contributed by atoms with Crippen LogP contribution < -0.4 is 11.5 Å². The Balaban J connectivity index is 2.99. The minimum absolute atomic E-state index is 0.134. The molecule has 0 aliphatic heterocycles. The first-order valence-corrected chi connectivity index (χ1v) is 2.93. The standard InChI is InChI=1S/C6H7ClN2/c7-5-3-4(8)1-2-6(5)9/h1,3-4H,8-9H2. The Bertz CT molecular complexity index is 211. The Morgan fingerprint density at radius 2 is 2.33 bits per heavy atom. The van der Waals surface area contributed by atoms with Crippen LogP contribution in [-0.4, -0.2) is 6.04 Å². The largest absolute Gasteiger partial charge is 0.391 e. The van der Waals surface area contributed by atoms with Gasteiger partial charge in [0, 0.05) is 0 Å². The van der Waals surface area contributed by atoms with E-state index >= 15 is 0 Å². The van der Waals surface area contributed by atoms with E-state index in [4.69, 9.17) is 23.1 Å². The highest BCUT2D eigenvalue weighted by atomic mass is 35.5. The van der Waals surface area contributed by atoms with Crippen molar-refractivity contribution < 1.29 is 0 Å². The van der Waals surface area contributed by atoms with E-state index in [0.717, 1.165) is 0 Å². The summed E-state index contributed by atoms with van der Waals surface area (Å²) in [5.74, 6) is 0. The van der Waals surface area contributed by atoms with Gasteiger partial charge in [-0.2, -0.15) is 0 Å². The molecule has 1 rings (SSSR count). The highest BCUT2D eigenvalue weighted by Crippen LogP contribution is 2.12. The van der Waals surface area contributed by atoms with Crippen molar-refractivity contribution in [2.45, 2.75) is 6.04 Å². The first-order chi connectivity index (χ1) is 4.20. The van der Waals surface area contributed by atoms with Crippen molar-refractivity contribution in [1.82, 2.24) is 0 Å². The summed E-state index contributed by atoms with van der Waals surface area (Å²) in [5, 5.41) is 0.491. The highest BCUT2D eigenvalue weighted by molar-refractivity contribution is 6.32. The van der Waals surface area contributed by atoms with Gasteiger partial charge in [0.2, 0.25) is 0 Å². The number of rotatable bonds is 0. The van der Waals surface area contributed by atoms with E-state index in [0.29, 0.717) is 10.7 Å².